The van der Waals surface area contributed by atoms with Crippen LogP contribution in [-0.2, 0) is 14.9 Å². The second-order valence-electron chi connectivity index (χ2n) is 9.45. The molecule has 0 aliphatic carbocycles. The van der Waals surface area contributed by atoms with Crippen molar-refractivity contribution in [2.45, 2.75) is 40.0 Å². The lowest BCUT2D eigenvalue weighted by Gasteiger charge is -2.29. The number of carbonyl (C=O) groups is 1. The normalized spacial score (nSPS) is 18.0. The highest BCUT2D eigenvalue weighted by Gasteiger charge is 2.30. The summed E-state index contributed by atoms with van der Waals surface area (Å²) in [5.41, 5.74) is 5.78. The molecule has 166 valence electrons. The molecule has 0 N–H and O–H groups in total. The topological polar surface area (TPSA) is 45.1 Å². The van der Waals surface area contributed by atoms with Crippen LogP contribution in [0.15, 0.2) is 29.3 Å². The number of aliphatic imine (C=N–C) groups is 1. The Hall–Kier alpha value is -2.02. The molecule has 6 heteroatoms. The van der Waals surface area contributed by atoms with Gasteiger partial charge in [0.05, 0.1) is 18.9 Å². The fourth-order valence-corrected chi connectivity index (χ4v) is 5.36. The summed E-state index contributed by atoms with van der Waals surface area (Å²) in [6, 6.07) is 8.69. The Kier molecular flexibility index (Phi) is 6.33. The van der Waals surface area contributed by atoms with Crippen molar-refractivity contribution in [2.24, 2.45) is 4.99 Å². The van der Waals surface area contributed by atoms with E-state index in [1.807, 2.05) is 4.90 Å². The monoisotopic (exact) mass is 439 g/mol. The van der Waals surface area contributed by atoms with Gasteiger partial charge in [0.1, 0.15) is 11.5 Å². The Morgan fingerprint density at radius 1 is 1.06 bits per heavy atom. The summed E-state index contributed by atoms with van der Waals surface area (Å²) in [4.78, 5) is 23.5. The summed E-state index contributed by atoms with van der Waals surface area (Å²) in [5.74, 6) is 0.0806. The zero-order valence-corrected chi connectivity index (χ0v) is 20.1. The maximum Gasteiger partial charge on any atom is 0.249 e. The first-order valence-electron chi connectivity index (χ1n) is 11.1. The number of rotatable bonds is 4. The molecule has 1 aromatic heterocycles. The molecule has 0 radical (unpaired) electrons. The van der Waals surface area contributed by atoms with E-state index in [-0.39, 0.29) is 17.9 Å². The van der Waals surface area contributed by atoms with Gasteiger partial charge in [0.2, 0.25) is 5.91 Å². The zero-order chi connectivity index (χ0) is 22.2. The Morgan fingerprint density at radius 2 is 1.74 bits per heavy atom. The van der Waals surface area contributed by atoms with E-state index in [1.54, 1.807) is 11.3 Å². The molecule has 31 heavy (non-hydrogen) atoms. The lowest BCUT2D eigenvalue weighted by molar-refractivity contribution is -0.117. The minimum Gasteiger partial charge on any atom is -0.379 e. The predicted molar refractivity (Wildman–Crippen MR) is 129 cm³/mol. The quantitative estimate of drug-likeness (QED) is 0.718. The van der Waals surface area contributed by atoms with Crippen molar-refractivity contribution < 1.29 is 9.53 Å². The summed E-state index contributed by atoms with van der Waals surface area (Å²) in [6.45, 7) is 16.1. The second kappa shape index (κ2) is 8.85. The van der Waals surface area contributed by atoms with Gasteiger partial charge in [0, 0.05) is 42.2 Å². The van der Waals surface area contributed by atoms with E-state index in [0.29, 0.717) is 6.54 Å². The van der Waals surface area contributed by atoms with Gasteiger partial charge >= 0.3 is 0 Å². The smallest absolute Gasteiger partial charge is 0.249 e. The number of amides is 1. The fraction of sp³-hybridized carbons (Fsp3) is 0.520. The molecule has 1 aromatic carbocycles. The number of aryl methyl sites for hydroxylation is 1. The Labute approximate surface area is 189 Å². The number of nitrogens with zero attached hydrogens (tertiary/aromatic N) is 3. The molecule has 3 heterocycles. The highest BCUT2D eigenvalue weighted by atomic mass is 32.1. The fourth-order valence-electron chi connectivity index (χ4n) is 4.16. The first kappa shape index (κ1) is 22.2. The maximum absolute atomic E-state index is 13.1. The van der Waals surface area contributed by atoms with E-state index in [9.17, 15) is 4.79 Å². The largest absolute Gasteiger partial charge is 0.379 e. The minimum absolute atomic E-state index is 0.0806. The van der Waals surface area contributed by atoms with Crippen LogP contribution in [0, 0.1) is 13.8 Å². The number of anilines is 1. The second-order valence-corrected chi connectivity index (χ2v) is 10.7. The maximum atomic E-state index is 13.1. The first-order valence-corrected chi connectivity index (χ1v) is 11.9. The van der Waals surface area contributed by atoms with E-state index in [0.717, 1.165) is 54.7 Å². The van der Waals surface area contributed by atoms with Crippen LogP contribution in [0.1, 0.15) is 47.9 Å². The van der Waals surface area contributed by atoms with Crippen LogP contribution in [0.4, 0.5) is 5.00 Å². The first-order chi connectivity index (χ1) is 14.8. The molecule has 0 bridgehead atoms. The van der Waals surface area contributed by atoms with Crippen molar-refractivity contribution in [1.82, 2.24) is 4.90 Å². The van der Waals surface area contributed by atoms with E-state index in [4.69, 9.17) is 9.73 Å². The number of carbonyl (C=O) groups excluding carboxylic acids is 1. The highest BCUT2D eigenvalue weighted by Crippen LogP contribution is 2.39. The highest BCUT2D eigenvalue weighted by molar-refractivity contribution is 7.17. The van der Waals surface area contributed by atoms with Crippen molar-refractivity contribution in [3.63, 3.8) is 0 Å². The van der Waals surface area contributed by atoms with E-state index in [2.05, 4.69) is 63.8 Å². The molecule has 0 spiro atoms. The van der Waals surface area contributed by atoms with Crippen LogP contribution in [0.5, 0.6) is 0 Å². The van der Waals surface area contributed by atoms with Gasteiger partial charge in [-0.3, -0.25) is 14.7 Å². The van der Waals surface area contributed by atoms with E-state index >= 15 is 0 Å². The predicted octanol–water partition coefficient (Wildman–Crippen LogP) is 4.18. The van der Waals surface area contributed by atoms with Gasteiger partial charge in [-0.2, -0.15) is 0 Å². The van der Waals surface area contributed by atoms with Crippen LogP contribution in [-0.4, -0.2) is 62.5 Å². The third-order valence-electron chi connectivity index (χ3n) is 6.29. The van der Waals surface area contributed by atoms with Gasteiger partial charge in [0.15, 0.2) is 0 Å². The third-order valence-corrected chi connectivity index (χ3v) is 7.52. The summed E-state index contributed by atoms with van der Waals surface area (Å²) in [5, 5.41) is 1.05. The molecule has 2 aliphatic rings. The van der Waals surface area contributed by atoms with Crippen molar-refractivity contribution in [1.29, 1.82) is 0 Å². The average Bonchev–Trinajstić information content (AvgIpc) is 2.95. The summed E-state index contributed by atoms with van der Waals surface area (Å²) in [7, 11) is 0. The summed E-state index contributed by atoms with van der Waals surface area (Å²) < 4.78 is 5.46. The van der Waals surface area contributed by atoms with Crippen molar-refractivity contribution in [3.8, 4) is 0 Å². The Balaban J connectivity index is 1.67. The minimum atomic E-state index is 0.0806. The van der Waals surface area contributed by atoms with Crippen molar-refractivity contribution in [3.05, 3.63) is 51.4 Å². The molecule has 2 aliphatic heterocycles. The number of fused-ring (bicyclic) bond motifs is 1. The van der Waals surface area contributed by atoms with Crippen LogP contribution < -0.4 is 4.90 Å². The van der Waals surface area contributed by atoms with Gasteiger partial charge in [0.25, 0.3) is 0 Å². The summed E-state index contributed by atoms with van der Waals surface area (Å²) >= 11 is 1.72. The number of hydrogen-bond donors (Lipinski definition) is 0. The van der Waals surface area contributed by atoms with Crippen molar-refractivity contribution >= 4 is 28.0 Å². The van der Waals surface area contributed by atoms with Crippen LogP contribution in [0.3, 0.4) is 0 Å². The van der Waals surface area contributed by atoms with Gasteiger partial charge in [-0.05, 0) is 30.4 Å². The van der Waals surface area contributed by atoms with Crippen LogP contribution in [0.2, 0.25) is 0 Å². The third kappa shape index (κ3) is 4.61. The average molecular weight is 440 g/mol. The van der Waals surface area contributed by atoms with E-state index in [1.165, 1.54) is 16.0 Å². The Morgan fingerprint density at radius 3 is 2.39 bits per heavy atom. The lowest BCUT2D eigenvalue weighted by atomic mass is 9.86. The molecule has 1 amide bonds. The van der Waals surface area contributed by atoms with Gasteiger partial charge in [-0.1, -0.05) is 45.0 Å². The molecule has 2 aromatic rings. The number of thiophene rings is 1. The van der Waals surface area contributed by atoms with Crippen molar-refractivity contribution in [2.75, 3.05) is 50.8 Å². The van der Waals surface area contributed by atoms with Crippen LogP contribution >= 0.6 is 11.3 Å². The molecule has 0 atom stereocenters. The number of hydrogen-bond acceptors (Lipinski definition) is 5. The lowest BCUT2D eigenvalue weighted by Crippen LogP contribution is -2.43. The van der Waals surface area contributed by atoms with Gasteiger partial charge < -0.3 is 9.64 Å². The SMILES string of the molecule is Cc1sc2c(c1C)C(c1ccc(C(C)(C)C)cc1)=NCC(=O)N2CCN1CCOCC1. The molecular weight excluding hydrogens is 406 g/mol. The number of morpholine rings is 1. The van der Waals surface area contributed by atoms with E-state index < -0.39 is 0 Å². The van der Waals surface area contributed by atoms with Crippen LogP contribution in [0.25, 0.3) is 0 Å². The molecule has 0 saturated carbocycles. The molecule has 1 saturated heterocycles. The number of benzene rings is 1. The molecule has 4 rings (SSSR count). The standard InChI is InChI=1S/C25H33N3O2S/c1-17-18(2)31-24-22(17)23(19-6-8-20(9-7-19)25(3,4)5)26-16-21(29)28(24)11-10-27-12-14-30-15-13-27/h6-9H,10-16H2,1-5H3. The molecule has 5 nitrogen and oxygen atoms in total. The zero-order valence-electron chi connectivity index (χ0n) is 19.3. The Bertz CT molecular complexity index is 979. The number of ether oxygens (including phenoxy) is 1. The summed E-state index contributed by atoms with van der Waals surface area (Å²) in [6.07, 6.45) is 0. The molecular formula is C25H33N3O2S. The van der Waals surface area contributed by atoms with Gasteiger partial charge in [-0.15, -0.1) is 11.3 Å². The molecule has 1 fully saturated rings. The van der Waals surface area contributed by atoms with Gasteiger partial charge in [-0.25, -0.2) is 0 Å². The molecule has 0 unspecified atom stereocenters.